The van der Waals surface area contributed by atoms with Gasteiger partial charge in [-0.2, -0.15) is 0 Å². The van der Waals surface area contributed by atoms with Crippen molar-refractivity contribution in [2.45, 2.75) is 44.8 Å². The number of benzene rings is 1. The lowest BCUT2D eigenvalue weighted by Crippen LogP contribution is -2.48. The fourth-order valence-electron chi connectivity index (χ4n) is 2.70. The molecule has 1 aliphatic rings. The molecule has 0 saturated carbocycles. The van der Waals surface area contributed by atoms with Crippen LogP contribution >= 0.6 is 0 Å². The Balaban J connectivity index is 1.90. The molecular weight excluding hydrogens is 250 g/mol. The molecule has 4 nitrogen and oxygen atoms in total. The molecule has 3 N–H and O–H groups in total. The second-order valence-electron chi connectivity index (χ2n) is 5.64. The van der Waals surface area contributed by atoms with Gasteiger partial charge in [0.15, 0.2) is 0 Å². The van der Waals surface area contributed by atoms with Crippen molar-refractivity contribution in [1.82, 2.24) is 10.2 Å². The van der Waals surface area contributed by atoms with Crippen molar-refractivity contribution in [3.63, 3.8) is 0 Å². The molecule has 0 radical (unpaired) electrons. The highest BCUT2D eigenvalue weighted by Crippen LogP contribution is 2.19. The quantitative estimate of drug-likeness (QED) is 0.856. The molecule has 1 saturated heterocycles. The van der Waals surface area contributed by atoms with Crippen LogP contribution in [0.1, 0.15) is 31.7 Å². The van der Waals surface area contributed by atoms with Gasteiger partial charge >= 0.3 is 0 Å². The summed E-state index contributed by atoms with van der Waals surface area (Å²) in [5, 5.41) is 2.96. The van der Waals surface area contributed by atoms with Crippen molar-refractivity contribution in [2.75, 3.05) is 13.1 Å². The molecule has 4 heteroatoms. The Hall–Kier alpha value is -1.39. The molecule has 110 valence electrons. The Morgan fingerprint density at radius 3 is 2.85 bits per heavy atom. The van der Waals surface area contributed by atoms with Crippen LogP contribution in [-0.2, 0) is 11.3 Å². The van der Waals surface area contributed by atoms with Gasteiger partial charge in [-0.05, 0) is 31.9 Å². The third-order valence-electron chi connectivity index (χ3n) is 3.90. The van der Waals surface area contributed by atoms with Crippen molar-refractivity contribution in [3.8, 4) is 0 Å². The van der Waals surface area contributed by atoms with E-state index in [1.54, 1.807) is 6.92 Å². The summed E-state index contributed by atoms with van der Waals surface area (Å²) in [5.74, 6) is -0.0600. The monoisotopic (exact) mass is 275 g/mol. The van der Waals surface area contributed by atoms with Crippen LogP contribution in [0.4, 0.5) is 0 Å². The van der Waals surface area contributed by atoms with Crippen molar-refractivity contribution < 1.29 is 4.79 Å². The van der Waals surface area contributed by atoms with Gasteiger partial charge in [-0.25, -0.2) is 0 Å². The molecule has 2 rings (SSSR count). The Morgan fingerprint density at radius 1 is 1.40 bits per heavy atom. The topological polar surface area (TPSA) is 58.4 Å². The molecule has 1 aliphatic heterocycles. The number of likely N-dealkylation sites (tertiary alicyclic amines) is 1. The maximum absolute atomic E-state index is 11.6. The number of nitrogens with one attached hydrogen (secondary N) is 1. The molecule has 2 atom stereocenters. The first-order chi connectivity index (χ1) is 9.66. The third-order valence-corrected chi connectivity index (χ3v) is 3.90. The number of nitrogens with zero attached hydrogens (tertiary/aromatic N) is 1. The molecule has 0 aliphatic carbocycles. The average Bonchev–Trinajstić information content (AvgIpc) is 2.47. The van der Waals surface area contributed by atoms with Gasteiger partial charge in [0, 0.05) is 19.1 Å². The third kappa shape index (κ3) is 4.32. The molecule has 1 aromatic carbocycles. The minimum absolute atomic E-state index is 0.0600. The highest BCUT2D eigenvalue weighted by atomic mass is 16.2. The van der Waals surface area contributed by atoms with Crippen molar-refractivity contribution in [3.05, 3.63) is 35.9 Å². The van der Waals surface area contributed by atoms with Gasteiger partial charge in [0.1, 0.15) is 0 Å². The first kappa shape index (κ1) is 15.0. The number of hydrogen-bond acceptors (Lipinski definition) is 3. The second-order valence-corrected chi connectivity index (χ2v) is 5.64. The Labute approximate surface area is 121 Å². The van der Waals surface area contributed by atoms with Gasteiger partial charge in [0.25, 0.3) is 0 Å². The maximum Gasteiger partial charge on any atom is 0.236 e. The van der Waals surface area contributed by atoms with Crippen LogP contribution in [0.3, 0.4) is 0 Å². The molecule has 0 aromatic heterocycles. The average molecular weight is 275 g/mol. The van der Waals surface area contributed by atoms with Crippen LogP contribution in [0.2, 0.25) is 0 Å². The lowest BCUT2D eigenvalue weighted by atomic mass is 10.0. The first-order valence-corrected chi connectivity index (χ1v) is 7.48. The number of carbonyl (C=O) groups excluding carboxylic acids is 1. The largest absolute Gasteiger partial charge is 0.353 e. The van der Waals surface area contributed by atoms with Crippen molar-refractivity contribution in [1.29, 1.82) is 0 Å². The summed E-state index contributed by atoms with van der Waals surface area (Å²) < 4.78 is 0. The van der Waals surface area contributed by atoms with Gasteiger partial charge in [-0.3, -0.25) is 9.69 Å². The molecule has 1 amide bonds. The number of hydrogen-bond donors (Lipinski definition) is 2. The number of piperidine rings is 1. The second kappa shape index (κ2) is 7.41. The number of amides is 1. The lowest BCUT2D eigenvalue weighted by molar-refractivity contribution is -0.122. The van der Waals surface area contributed by atoms with Crippen LogP contribution in [0.5, 0.6) is 0 Å². The number of nitrogens with two attached hydrogens (primary N) is 1. The van der Waals surface area contributed by atoms with E-state index >= 15 is 0 Å². The van der Waals surface area contributed by atoms with Gasteiger partial charge < -0.3 is 11.1 Å². The summed E-state index contributed by atoms with van der Waals surface area (Å²) in [6.45, 7) is 4.48. The molecule has 1 aromatic rings. The van der Waals surface area contributed by atoms with E-state index in [-0.39, 0.29) is 5.91 Å². The van der Waals surface area contributed by atoms with Crippen LogP contribution < -0.4 is 11.1 Å². The van der Waals surface area contributed by atoms with E-state index in [0.717, 1.165) is 19.5 Å². The van der Waals surface area contributed by atoms with Crippen molar-refractivity contribution in [2.24, 2.45) is 5.73 Å². The maximum atomic E-state index is 11.6. The standard InChI is InChI=1S/C16H25N3O/c1-13(17)16(20)18-11-15-9-5-6-10-19(15)12-14-7-3-2-4-8-14/h2-4,7-8,13,15H,5-6,9-12,17H2,1H3,(H,18,20). The minimum atomic E-state index is -0.429. The Bertz CT molecular complexity index is 419. The van der Waals surface area contributed by atoms with Gasteiger partial charge in [-0.1, -0.05) is 36.8 Å². The first-order valence-electron chi connectivity index (χ1n) is 7.48. The van der Waals surface area contributed by atoms with E-state index in [4.69, 9.17) is 5.73 Å². The van der Waals surface area contributed by atoms with Crippen LogP contribution in [0.15, 0.2) is 30.3 Å². The van der Waals surface area contributed by atoms with Gasteiger partial charge in [-0.15, -0.1) is 0 Å². The molecule has 2 unspecified atom stereocenters. The zero-order chi connectivity index (χ0) is 14.4. The van der Waals surface area contributed by atoms with E-state index < -0.39 is 6.04 Å². The summed E-state index contributed by atoms with van der Waals surface area (Å²) in [4.78, 5) is 14.1. The SMILES string of the molecule is CC(N)C(=O)NCC1CCCCN1Cc1ccccc1. The van der Waals surface area contributed by atoms with E-state index in [9.17, 15) is 4.79 Å². The highest BCUT2D eigenvalue weighted by molar-refractivity contribution is 5.80. The molecule has 1 heterocycles. The molecule has 20 heavy (non-hydrogen) atoms. The zero-order valence-electron chi connectivity index (χ0n) is 12.2. The molecular formula is C16H25N3O. The van der Waals surface area contributed by atoms with Crippen LogP contribution in [0.25, 0.3) is 0 Å². The molecule has 1 fully saturated rings. The van der Waals surface area contributed by atoms with Gasteiger partial charge in [0.05, 0.1) is 6.04 Å². The zero-order valence-corrected chi connectivity index (χ0v) is 12.2. The fourth-order valence-corrected chi connectivity index (χ4v) is 2.70. The molecule has 0 spiro atoms. The molecule has 0 bridgehead atoms. The summed E-state index contributed by atoms with van der Waals surface area (Å²) >= 11 is 0. The summed E-state index contributed by atoms with van der Waals surface area (Å²) in [7, 11) is 0. The highest BCUT2D eigenvalue weighted by Gasteiger charge is 2.23. The predicted molar refractivity (Wildman–Crippen MR) is 81.2 cm³/mol. The van der Waals surface area contributed by atoms with E-state index in [1.165, 1.54) is 18.4 Å². The van der Waals surface area contributed by atoms with Gasteiger partial charge in [0.2, 0.25) is 5.91 Å². The summed E-state index contributed by atoms with van der Waals surface area (Å²) in [5.41, 5.74) is 6.92. The predicted octanol–water partition coefficient (Wildman–Crippen LogP) is 1.50. The minimum Gasteiger partial charge on any atom is -0.353 e. The number of carbonyl (C=O) groups is 1. The normalized spacial score (nSPS) is 21.4. The van der Waals surface area contributed by atoms with Crippen LogP contribution in [-0.4, -0.2) is 36.0 Å². The Kier molecular flexibility index (Phi) is 5.56. The van der Waals surface area contributed by atoms with E-state index in [2.05, 4.69) is 34.5 Å². The Morgan fingerprint density at radius 2 is 2.15 bits per heavy atom. The summed E-state index contributed by atoms with van der Waals surface area (Å²) in [6.07, 6.45) is 3.63. The van der Waals surface area contributed by atoms with Crippen molar-refractivity contribution >= 4 is 5.91 Å². The fraction of sp³-hybridized carbons (Fsp3) is 0.562. The lowest BCUT2D eigenvalue weighted by Gasteiger charge is -2.36. The van der Waals surface area contributed by atoms with Crippen LogP contribution in [0, 0.1) is 0 Å². The van der Waals surface area contributed by atoms with E-state index in [1.807, 2.05) is 6.07 Å². The smallest absolute Gasteiger partial charge is 0.236 e. The summed E-state index contributed by atoms with van der Waals surface area (Å²) in [6, 6.07) is 10.5. The number of rotatable bonds is 5. The van der Waals surface area contributed by atoms with E-state index in [0.29, 0.717) is 12.6 Å².